The average molecular weight is 310 g/mol. The highest BCUT2D eigenvalue weighted by molar-refractivity contribution is 7.84. The summed E-state index contributed by atoms with van der Waals surface area (Å²) in [4.78, 5) is 11.7. The molecule has 0 bridgehead atoms. The minimum absolute atomic E-state index is 0.0512. The number of thiophene rings is 1. The summed E-state index contributed by atoms with van der Waals surface area (Å²) >= 11 is 1.26. The number of carbonyl (C=O) groups is 1. The highest BCUT2D eigenvalue weighted by Crippen LogP contribution is 2.33. The third-order valence-electron chi connectivity index (χ3n) is 3.53. The van der Waals surface area contributed by atoms with Gasteiger partial charge in [0.1, 0.15) is 4.88 Å². The molecule has 2 aromatic rings. The van der Waals surface area contributed by atoms with E-state index in [9.17, 15) is 14.1 Å². The molecule has 0 aliphatic heterocycles. The maximum absolute atomic E-state index is 12.4. The van der Waals surface area contributed by atoms with Gasteiger partial charge in [-0.3, -0.25) is 4.21 Å². The molecule has 0 aliphatic rings. The molecule has 20 heavy (non-hydrogen) atoms. The molecule has 1 heterocycles. The molecule has 0 saturated carbocycles. The van der Waals surface area contributed by atoms with Gasteiger partial charge in [0.25, 0.3) is 0 Å². The number of hydrogen-bond donors (Lipinski definition) is 1. The number of fused-ring (bicyclic) bond motifs is 1. The van der Waals surface area contributed by atoms with Crippen LogP contribution >= 0.6 is 11.3 Å². The van der Waals surface area contributed by atoms with Gasteiger partial charge in [0.05, 0.1) is 5.75 Å². The fourth-order valence-electron chi connectivity index (χ4n) is 1.99. The molecule has 2 atom stereocenters. The van der Waals surface area contributed by atoms with Crippen LogP contribution in [-0.2, 0) is 16.6 Å². The molecule has 0 radical (unpaired) electrons. The van der Waals surface area contributed by atoms with Crippen molar-refractivity contribution in [1.82, 2.24) is 0 Å². The van der Waals surface area contributed by atoms with Gasteiger partial charge in [0.15, 0.2) is 0 Å². The number of carboxylic acid groups (broad SMARTS) is 1. The Bertz CT molecular complexity index is 658. The molecule has 0 saturated heterocycles. The van der Waals surface area contributed by atoms with Crippen LogP contribution < -0.4 is 0 Å². The van der Waals surface area contributed by atoms with E-state index in [0.717, 1.165) is 10.1 Å². The third kappa shape index (κ3) is 2.94. The monoisotopic (exact) mass is 310 g/mol. The summed E-state index contributed by atoms with van der Waals surface area (Å²) in [5.41, 5.74) is 0.712. The van der Waals surface area contributed by atoms with Crippen molar-refractivity contribution in [2.24, 2.45) is 5.92 Å². The van der Waals surface area contributed by atoms with E-state index in [1.165, 1.54) is 11.3 Å². The van der Waals surface area contributed by atoms with Crippen LogP contribution in [0.5, 0.6) is 0 Å². The van der Waals surface area contributed by atoms with Crippen molar-refractivity contribution < 1.29 is 14.1 Å². The molecule has 2 rings (SSSR count). The van der Waals surface area contributed by atoms with Gasteiger partial charge in [-0.2, -0.15) is 0 Å². The zero-order valence-electron chi connectivity index (χ0n) is 11.8. The maximum atomic E-state index is 12.4. The molecule has 5 heteroatoms. The second-order valence-corrected chi connectivity index (χ2v) is 8.03. The minimum Gasteiger partial charge on any atom is -0.477 e. The Morgan fingerprint density at radius 3 is 2.55 bits per heavy atom. The quantitative estimate of drug-likeness (QED) is 0.911. The lowest BCUT2D eigenvalue weighted by Gasteiger charge is -2.15. The van der Waals surface area contributed by atoms with E-state index in [4.69, 9.17) is 0 Å². The number of carboxylic acids is 1. The second kappa shape index (κ2) is 6.06. The SMILES string of the molecule is CC(C)C(C)S(=O)Cc1c(C(=O)O)sc2ccccc12. The first-order chi connectivity index (χ1) is 9.41. The van der Waals surface area contributed by atoms with Crippen LogP contribution in [0.2, 0.25) is 0 Å². The fraction of sp³-hybridized carbons (Fsp3) is 0.400. The summed E-state index contributed by atoms with van der Waals surface area (Å²) in [5, 5.41) is 10.3. The van der Waals surface area contributed by atoms with E-state index in [-0.39, 0.29) is 5.25 Å². The number of benzene rings is 1. The third-order valence-corrected chi connectivity index (χ3v) is 6.68. The van der Waals surface area contributed by atoms with Gasteiger partial charge in [-0.05, 0) is 22.9 Å². The van der Waals surface area contributed by atoms with Crippen molar-refractivity contribution in [2.75, 3.05) is 0 Å². The predicted molar refractivity (Wildman–Crippen MR) is 84.9 cm³/mol. The van der Waals surface area contributed by atoms with Crippen molar-refractivity contribution >= 4 is 38.2 Å². The average Bonchev–Trinajstić information content (AvgIpc) is 2.77. The molecule has 1 aromatic heterocycles. The Labute approximate surface area is 125 Å². The molecule has 0 spiro atoms. The van der Waals surface area contributed by atoms with Crippen molar-refractivity contribution in [1.29, 1.82) is 0 Å². The van der Waals surface area contributed by atoms with Crippen LogP contribution in [0.15, 0.2) is 24.3 Å². The Morgan fingerprint density at radius 2 is 1.95 bits per heavy atom. The van der Waals surface area contributed by atoms with Crippen LogP contribution in [0, 0.1) is 5.92 Å². The van der Waals surface area contributed by atoms with Gasteiger partial charge in [0.2, 0.25) is 0 Å². The second-order valence-electron chi connectivity index (χ2n) is 5.19. The van der Waals surface area contributed by atoms with Crippen LogP contribution in [0.1, 0.15) is 36.0 Å². The molecule has 2 unspecified atom stereocenters. The van der Waals surface area contributed by atoms with Crippen LogP contribution in [0.25, 0.3) is 10.1 Å². The topological polar surface area (TPSA) is 54.4 Å². The lowest BCUT2D eigenvalue weighted by atomic mass is 10.1. The van der Waals surface area contributed by atoms with E-state index in [1.54, 1.807) is 0 Å². The fourth-order valence-corrected chi connectivity index (χ4v) is 4.60. The Balaban J connectivity index is 2.44. The van der Waals surface area contributed by atoms with Gasteiger partial charge in [-0.1, -0.05) is 39.0 Å². The number of hydrogen-bond acceptors (Lipinski definition) is 3. The van der Waals surface area contributed by atoms with E-state index in [1.807, 2.05) is 45.0 Å². The van der Waals surface area contributed by atoms with Gasteiger partial charge in [0, 0.05) is 20.7 Å². The summed E-state index contributed by atoms with van der Waals surface area (Å²) < 4.78 is 13.3. The zero-order chi connectivity index (χ0) is 14.9. The highest BCUT2D eigenvalue weighted by atomic mass is 32.2. The summed E-state index contributed by atoms with van der Waals surface area (Å²) in [6.45, 7) is 6.02. The Kier molecular flexibility index (Phi) is 4.60. The summed E-state index contributed by atoms with van der Waals surface area (Å²) in [6.07, 6.45) is 0. The van der Waals surface area contributed by atoms with Crippen molar-refractivity contribution in [3.8, 4) is 0 Å². The van der Waals surface area contributed by atoms with Gasteiger partial charge >= 0.3 is 5.97 Å². The van der Waals surface area contributed by atoms with E-state index in [2.05, 4.69) is 0 Å². The standard InChI is InChI=1S/C15H18O3S2/c1-9(2)10(3)20(18)8-12-11-6-4-5-7-13(11)19-14(12)15(16)17/h4-7,9-10H,8H2,1-3H3,(H,16,17). The molecule has 0 amide bonds. The van der Waals surface area contributed by atoms with E-state index >= 15 is 0 Å². The Morgan fingerprint density at radius 1 is 1.30 bits per heavy atom. The molecule has 1 aromatic carbocycles. The zero-order valence-corrected chi connectivity index (χ0v) is 13.4. The van der Waals surface area contributed by atoms with Crippen LogP contribution in [0.4, 0.5) is 0 Å². The molecule has 0 fully saturated rings. The lowest BCUT2D eigenvalue weighted by Crippen LogP contribution is -2.19. The molecule has 108 valence electrons. The molecule has 3 nitrogen and oxygen atoms in total. The molecule has 0 aliphatic carbocycles. The lowest BCUT2D eigenvalue weighted by molar-refractivity contribution is 0.0701. The van der Waals surface area contributed by atoms with Gasteiger partial charge < -0.3 is 5.11 Å². The largest absolute Gasteiger partial charge is 0.477 e. The van der Waals surface area contributed by atoms with Gasteiger partial charge in [-0.25, -0.2) is 4.79 Å². The first-order valence-corrected chi connectivity index (χ1v) is 8.72. The molecular weight excluding hydrogens is 292 g/mol. The van der Waals surface area contributed by atoms with E-state index < -0.39 is 16.8 Å². The summed E-state index contributed by atoms with van der Waals surface area (Å²) in [6, 6.07) is 7.59. The Hall–Kier alpha value is -1.20. The molecular formula is C15H18O3S2. The first-order valence-electron chi connectivity index (χ1n) is 6.52. The summed E-state index contributed by atoms with van der Waals surface area (Å²) in [5.74, 6) is -0.310. The van der Waals surface area contributed by atoms with Crippen LogP contribution in [-0.4, -0.2) is 20.5 Å². The number of aromatic carboxylic acids is 1. The molecule has 1 N–H and O–H groups in total. The van der Waals surface area contributed by atoms with Crippen molar-refractivity contribution in [3.05, 3.63) is 34.7 Å². The van der Waals surface area contributed by atoms with Crippen molar-refractivity contribution in [2.45, 2.75) is 31.8 Å². The minimum atomic E-state index is -1.06. The van der Waals surface area contributed by atoms with Crippen LogP contribution in [0.3, 0.4) is 0 Å². The summed E-state index contributed by atoms with van der Waals surface area (Å²) in [7, 11) is -1.06. The normalized spacial score (nSPS) is 14.6. The smallest absolute Gasteiger partial charge is 0.346 e. The van der Waals surface area contributed by atoms with Crippen molar-refractivity contribution in [3.63, 3.8) is 0 Å². The maximum Gasteiger partial charge on any atom is 0.346 e. The van der Waals surface area contributed by atoms with E-state index in [0.29, 0.717) is 22.1 Å². The number of rotatable bonds is 5. The predicted octanol–water partition coefficient (Wildman–Crippen LogP) is 3.89. The first kappa shape index (κ1) is 15.2. The highest BCUT2D eigenvalue weighted by Gasteiger charge is 2.22. The van der Waals surface area contributed by atoms with Gasteiger partial charge in [-0.15, -0.1) is 11.3 Å².